The Labute approximate surface area is 165 Å². The van der Waals surface area contributed by atoms with Crippen molar-refractivity contribution < 1.29 is 17.9 Å². The van der Waals surface area contributed by atoms with Crippen molar-refractivity contribution in [2.24, 2.45) is 0 Å². The zero-order valence-corrected chi connectivity index (χ0v) is 16.6. The molecular formula is C21H24N2O4S. The molecule has 2 atom stereocenters. The van der Waals surface area contributed by atoms with E-state index in [1.165, 1.54) is 16.1 Å². The predicted molar refractivity (Wildman–Crippen MR) is 108 cm³/mol. The van der Waals surface area contributed by atoms with Gasteiger partial charge in [0.05, 0.1) is 18.0 Å². The van der Waals surface area contributed by atoms with Crippen LogP contribution in [0.2, 0.25) is 0 Å². The third-order valence-electron chi connectivity index (χ3n) is 5.38. The van der Waals surface area contributed by atoms with E-state index in [1.807, 2.05) is 12.1 Å². The summed E-state index contributed by atoms with van der Waals surface area (Å²) in [6, 6.07) is 15.1. The van der Waals surface area contributed by atoms with E-state index in [-0.39, 0.29) is 18.5 Å². The molecule has 0 saturated heterocycles. The first-order chi connectivity index (χ1) is 13.4. The highest BCUT2D eigenvalue weighted by molar-refractivity contribution is 7.92. The number of nitrogens with one attached hydrogen (secondary N) is 1. The van der Waals surface area contributed by atoms with E-state index in [0.717, 1.165) is 24.8 Å². The van der Waals surface area contributed by atoms with Crippen molar-refractivity contribution in [1.29, 1.82) is 0 Å². The number of hydrogen-bond acceptors (Lipinski definition) is 4. The van der Waals surface area contributed by atoms with E-state index in [0.29, 0.717) is 17.9 Å². The van der Waals surface area contributed by atoms with Crippen molar-refractivity contribution in [3.05, 3.63) is 59.7 Å². The first-order valence-electron chi connectivity index (χ1n) is 9.55. The lowest BCUT2D eigenvalue weighted by molar-refractivity contribution is -0.129. The molecule has 1 amide bonds. The molecule has 2 aromatic rings. The van der Waals surface area contributed by atoms with Gasteiger partial charge in [-0.1, -0.05) is 36.4 Å². The van der Waals surface area contributed by atoms with Crippen molar-refractivity contribution in [2.75, 3.05) is 17.1 Å². The minimum absolute atomic E-state index is 0.0365. The lowest BCUT2D eigenvalue weighted by Gasteiger charge is -2.28. The van der Waals surface area contributed by atoms with E-state index >= 15 is 0 Å². The lowest BCUT2D eigenvalue weighted by atomic mass is 9.87. The van der Waals surface area contributed by atoms with Crippen LogP contribution in [0.4, 0.5) is 5.69 Å². The average Bonchev–Trinajstić information content (AvgIpc) is 2.88. The second kappa shape index (κ2) is 7.47. The molecule has 28 heavy (non-hydrogen) atoms. The second-order valence-electron chi connectivity index (χ2n) is 7.35. The zero-order valence-electron chi connectivity index (χ0n) is 15.8. The molecule has 0 unspecified atom stereocenters. The highest BCUT2D eigenvalue weighted by Crippen LogP contribution is 2.34. The minimum atomic E-state index is -3.46. The Morgan fingerprint density at radius 3 is 2.68 bits per heavy atom. The van der Waals surface area contributed by atoms with Crippen LogP contribution in [0.5, 0.6) is 5.75 Å². The van der Waals surface area contributed by atoms with Gasteiger partial charge in [-0.05, 0) is 42.5 Å². The first kappa shape index (κ1) is 18.8. The zero-order chi connectivity index (χ0) is 19.7. The monoisotopic (exact) mass is 400 g/mol. The van der Waals surface area contributed by atoms with Crippen molar-refractivity contribution in [3.8, 4) is 5.75 Å². The maximum atomic E-state index is 13.0. The molecular weight excluding hydrogens is 376 g/mol. The van der Waals surface area contributed by atoms with Crippen LogP contribution in [-0.4, -0.2) is 33.2 Å². The largest absolute Gasteiger partial charge is 0.478 e. The highest BCUT2D eigenvalue weighted by Gasteiger charge is 2.32. The molecule has 0 fully saturated rings. The number of aryl methyl sites for hydroxylation is 1. The van der Waals surface area contributed by atoms with E-state index < -0.39 is 16.1 Å². The van der Waals surface area contributed by atoms with E-state index in [2.05, 4.69) is 17.4 Å². The molecule has 1 N–H and O–H groups in total. The Balaban J connectivity index is 1.55. The van der Waals surface area contributed by atoms with Crippen LogP contribution in [0.15, 0.2) is 48.5 Å². The molecule has 2 aliphatic rings. The second-order valence-corrected chi connectivity index (χ2v) is 9.26. The molecule has 0 aromatic heterocycles. The van der Waals surface area contributed by atoms with Gasteiger partial charge in [-0.3, -0.25) is 9.10 Å². The van der Waals surface area contributed by atoms with Gasteiger partial charge in [0.1, 0.15) is 5.75 Å². The fourth-order valence-electron chi connectivity index (χ4n) is 4.03. The summed E-state index contributed by atoms with van der Waals surface area (Å²) >= 11 is 0. The van der Waals surface area contributed by atoms with Gasteiger partial charge in [0.25, 0.3) is 5.91 Å². The summed E-state index contributed by atoms with van der Waals surface area (Å²) in [5.41, 5.74) is 2.91. The van der Waals surface area contributed by atoms with Crippen molar-refractivity contribution in [2.45, 2.75) is 37.8 Å². The quantitative estimate of drug-likeness (QED) is 0.860. The molecule has 148 valence electrons. The Morgan fingerprint density at radius 2 is 1.86 bits per heavy atom. The van der Waals surface area contributed by atoms with Crippen LogP contribution in [0.1, 0.15) is 36.4 Å². The number of amides is 1. The van der Waals surface area contributed by atoms with Crippen LogP contribution in [0.25, 0.3) is 0 Å². The molecule has 1 heterocycles. The normalized spacial score (nSPS) is 21.7. The van der Waals surface area contributed by atoms with Crippen LogP contribution < -0.4 is 14.4 Å². The number of nitrogens with zero attached hydrogens (tertiary/aromatic N) is 1. The van der Waals surface area contributed by atoms with E-state index in [4.69, 9.17) is 4.74 Å². The van der Waals surface area contributed by atoms with Crippen LogP contribution in [-0.2, 0) is 21.2 Å². The number of sulfonamides is 1. The number of ether oxygens (including phenoxy) is 1. The predicted octanol–water partition coefficient (Wildman–Crippen LogP) is 2.80. The summed E-state index contributed by atoms with van der Waals surface area (Å²) in [4.78, 5) is 13.0. The van der Waals surface area contributed by atoms with Crippen LogP contribution >= 0.6 is 0 Å². The molecule has 2 aromatic carbocycles. The minimum Gasteiger partial charge on any atom is -0.478 e. The molecule has 0 bridgehead atoms. The fraction of sp³-hybridized carbons (Fsp3) is 0.381. The maximum Gasteiger partial charge on any atom is 0.261 e. The highest BCUT2D eigenvalue weighted by atomic mass is 32.2. The number of fused-ring (bicyclic) bond motifs is 2. The Kier molecular flexibility index (Phi) is 5.02. The Hall–Kier alpha value is -2.54. The summed E-state index contributed by atoms with van der Waals surface area (Å²) in [5, 5.41) is 3.13. The fourth-order valence-corrected chi connectivity index (χ4v) is 4.97. The molecule has 7 heteroatoms. The average molecular weight is 401 g/mol. The summed E-state index contributed by atoms with van der Waals surface area (Å²) in [6.45, 7) is 0.204. The molecule has 0 spiro atoms. The van der Waals surface area contributed by atoms with Crippen molar-refractivity contribution in [1.82, 2.24) is 5.32 Å². The van der Waals surface area contributed by atoms with Gasteiger partial charge in [-0.2, -0.15) is 0 Å². The SMILES string of the molecule is CS(=O)(=O)N1CC[C@H](C(=O)N[C@H]2CCCc3ccccc32)Oc2ccccc21. The number of para-hydroxylation sites is 2. The number of benzene rings is 2. The van der Waals surface area contributed by atoms with Crippen molar-refractivity contribution in [3.63, 3.8) is 0 Å². The third-order valence-corrected chi connectivity index (χ3v) is 6.56. The van der Waals surface area contributed by atoms with Gasteiger partial charge in [-0.15, -0.1) is 0 Å². The van der Waals surface area contributed by atoms with Gasteiger partial charge in [0.15, 0.2) is 6.10 Å². The summed E-state index contributed by atoms with van der Waals surface area (Å²) < 4.78 is 31.7. The van der Waals surface area contributed by atoms with Gasteiger partial charge < -0.3 is 10.1 Å². The van der Waals surface area contributed by atoms with Gasteiger partial charge >= 0.3 is 0 Å². The standard InChI is InChI=1S/C21H24N2O4S/c1-28(25,26)23-14-13-20(27-19-12-5-4-11-18(19)23)21(24)22-17-10-6-8-15-7-2-3-9-16(15)17/h2-5,7,9,11-12,17,20H,6,8,10,13-14H2,1H3,(H,22,24)/t17-,20+/m0/s1. The molecule has 1 aliphatic heterocycles. The summed E-state index contributed by atoms with van der Waals surface area (Å²) in [6.07, 6.45) is 3.67. The van der Waals surface area contributed by atoms with Gasteiger partial charge in [0, 0.05) is 13.0 Å². The summed E-state index contributed by atoms with van der Waals surface area (Å²) in [5.74, 6) is 0.210. The topological polar surface area (TPSA) is 75.7 Å². The number of rotatable bonds is 3. The van der Waals surface area contributed by atoms with Gasteiger partial charge in [-0.25, -0.2) is 8.42 Å². The van der Waals surface area contributed by atoms with Gasteiger partial charge in [0.2, 0.25) is 10.0 Å². The van der Waals surface area contributed by atoms with Crippen molar-refractivity contribution >= 4 is 21.6 Å². The smallest absolute Gasteiger partial charge is 0.261 e. The maximum absolute atomic E-state index is 13.0. The van der Waals surface area contributed by atoms with E-state index in [1.54, 1.807) is 24.3 Å². The molecule has 0 radical (unpaired) electrons. The summed E-state index contributed by atoms with van der Waals surface area (Å²) in [7, 11) is -3.46. The van der Waals surface area contributed by atoms with E-state index in [9.17, 15) is 13.2 Å². The Bertz CT molecular complexity index is 989. The molecule has 4 rings (SSSR count). The number of anilines is 1. The lowest BCUT2D eigenvalue weighted by Crippen LogP contribution is -2.42. The third kappa shape index (κ3) is 3.71. The molecule has 1 aliphatic carbocycles. The van der Waals surface area contributed by atoms with Crippen LogP contribution in [0, 0.1) is 0 Å². The first-order valence-corrected chi connectivity index (χ1v) is 11.4. The molecule has 6 nitrogen and oxygen atoms in total. The number of carbonyl (C=O) groups is 1. The molecule has 0 saturated carbocycles. The van der Waals surface area contributed by atoms with Crippen LogP contribution in [0.3, 0.4) is 0 Å². The Morgan fingerprint density at radius 1 is 1.11 bits per heavy atom. The number of hydrogen-bond donors (Lipinski definition) is 1. The number of carbonyl (C=O) groups excluding carboxylic acids is 1.